The van der Waals surface area contributed by atoms with Crippen molar-refractivity contribution in [1.82, 2.24) is 4.90 Å². The maximum atomic E-state index is 13.2. The van der Waals surface area contributed by atoms with Gasteiger partial charge in [-0.2, -0.15) is 13.2 Å². The zero-order chi connectivity index (χ0) is 23.8. The Morgan fingerprint density at radius 2 is 1.91 bits per heavy atom. The summed E-state index contributed by atoms with van der Waals surface area (Å²) in [5, 5.41) is 10.6. The van der Waals surface area contributed by atoms with Crippen LogP contribution in [0.4, 0.5) is 18.0 Å². The molecule has 2 aliphatic heterocycles. The second kappa shape index (κ2) is 9.23. The third-order valence-corrected chi connectivity index (χ3v) is 6.54. The molecule has 0 aliphatic carbocycles. The number of amides is 1. The molecule has 0 radical (unpaired) electrons. The van der Waals surface area contributed by atoms with Crippen molar-refractivity contribution in [1.29, 1.82) is 0 Å². The molecule has 0 spiro atoms. The highest BCUT2D eigenvalue weighted by molar-refractivity contribution is 5.71. The van der Waals surface area contributed by atoms with E-state index < -0.39 is 23.6 Å². The number of alkyl halides is 3. The molecule has 4 rings (SSSR count). The second-order valence-electron chi connectivity index (χ2n) is 8.59. The lowest BCUT2D eigenvalue weighted by molar-refractivity contribution is -0.138. The molecule has 3 N–H and O–H groups in total. The molecule has 178 valence electrons. The second-order valence-corrected chi connectivity index (χ2v) is 8.59. The zero-order valence-electron chi connectivity index (χ0n) is 18.3. The van der Waals surface area contributed by atoms with E-state index in [0.717, 1.165) is 28.8 Å². The first-order chi connectivity index (χ1) is 15.7. The summed E-state index contributed by atoms with van der Waals surface area (Å²) < 4.78 is 50.9. The number of carbonyl (C=O) groups excluding carboxylic acids is 1. The molecule has 2 aromatic carbocycles. The number of phenolic OH excluding ortho intramolecular Hbond substituents is 1. The number of likely N-dealkylation sites (tertiary alicyclic amines) is 1. The molecule has 2 aromatic rings. The predicted octanol–water partition coefficient (Wildman–Crippen LogP) is 4.57. The average Bonchev–Trinajstić information content (AvgIpc) is 2.80. The summed E-state index contributed by atoms with van der Waals surface area (Å²) in [6.45, 7) is 2.82. The summed E-state index contributed by atoms with van der Waals surface area (Å²) in [6.07, 6.45) is -4.11. The molecule has 1 amide bonds. The fourth-order valence-electron chi connectivity index (χ4n) is 4.68. The lowest BCUT2D eigenvalue weighted by atomic mass is 9.83. The number of nitrogens with zero attached hydrogens (tertiary/aromatic N) is 1. The quantitative estimate of drug-likeness (QED) is 0.695. The van der Waals surface area contributed by atoms with Crippen molar-refractivity contribution < 1.29 is 32.5 Å². The van der Waals surface area contributed by atoms with Crippen molar-refractivity contribution in [3.05, 3.63) is 58.7 Å². The normalized spacial score (nSPS) is 21.5. The molecule has 6 nitrogen and oxygen atoms in total. The molecule has 33 heavy (non-hydrogen) atoms. The number of para-hydroxylation sites is 1. The highest BCUT2D eigenvalue weighted by Crippen LogP contribution is 2.40. The van der Waals surface area contributed by atoms with Crippen LogP contribution in [0.2, 0.25) is 0 Å². The molecular formula is C24H27F3N2O4. The van der Waals surface area contributed by atoms with Gasteiger partial charge in [0.15, 0.2) is 0 Å². The van der Waals surface area contributed by atoms with Crippen molar-refractivity contribution >= 4 is 6.09 Å². The number of aryl methyl sites for hydroxylation is 1. The van der Waals surface area contributed by atoms with E-state index in [1.165, 1.54) is 17.0 Å². The van der Waals surface area contributed by atoms with Crippen LogP contribution in [0.5, 0.6) is 11.5 Å². The Balaban J connectivity index is 1.40. The standard InChI is InChI=1S/C24H27F3N2O4/c1-14-6-7-16-17(22(14)30)12-20(32-21(16)13-28)15-8-10-29(11-9-15)23(31)33-19-5-3-2-4-18(19)24(25,26)27/h2-7,15,20-21,30H,8-13,28H2,1H3. The average molecular weight is 464 g/mol. The van der Waals surface area contributed by atoms with Gasteiger partial charge in [-0.3, -0.25) is 0 Å². The van der Waals surface area contributed by atoms with Gasteiger partial charge in [0, 0.05) is 31.6 Å². The summed E-state index contributed by atoms with van der Waals surface area (Å²) in [6, 6.07) is 8.46. The van der Waals surface area contributed by atoms with Crippen molar-refractivity contribution in [2.75, 3.05) is 19.6 Å². The maximum Gasteiger partial charge on any atom is 0.419 e. The molecule has 1 fully saturated rings. The van der Waals surface area contributed by atoms with Crippen LogP contribution in [0.15, 0.2) is 36.4 Å². The van der Waals surface area contributed by atoms with Crippen molar-refractivity contribution in [2.24, 2.45) is 11.7 Å². The minimum Gasteiger partial charge on any atom is -0.507 e. The van der Waals surface area contributed by atoms with Crippen LogP contribution in [-0.4, -0.2) is 41.8 Å². The van der Waals surface area contributed by atoms with E-state index in [2.05, 4.69) is 0 Å². The first kappa shape index (κ1) is 23.4. The molecule has 1 saturated heterocycles. The highest BCUT2D eigenvalue weighted by atomic mass is 19.4. The number of nitrogens with two attached hydrogens (primary N) is 1. The van der Waals surface area contributed by atoms with Crippen molar-refractivity contribution in [3.63, 3.8) is 0 Å². The van der Waals surface area contributed by atoms with E-state index in [9.17, 15) is 23.1 Å². The van der Waals surface area contributed by atoms with Gasteiger partial charge in [-0.05, 0) is 48.9 Å². The molecule has 0 aromatic heterocycles. The van der Waals surface area contributed by atoms with Crippen LogP contribution in [0.25, 0.3) is 0 Å². The number of halogens is 3. The van der Waals surface area contributed by atoms with E-state index in [1.54, 1.807) is 0 Å². The van der Waals surface area contributed by atoms with E-state index >= 15 is 0 Å². The number of rotatable bonds is 3. The highest BCUT2D eigenvalue weighted by Gasteiger charge is 2.38. The Hall–Kier alpha value is -2.78. The van der Waals surface area contributed by atoms with Crippen molar-refractivity contribution in [2.45, 2.75) is 44.6 Å². The minimum atomic E-state index is -4.61. The summed E-state index contributed by atoms with van der Waals surface area (Å²) in [5.74, 6) is -0.108. The Labute approximate surface area is 190 Å². The number of ether oxygens (including phenoxy) is 2. The van der Waals surface area contributed by atoms with Crippen LogP contribution in [0.1, 0.15) is 41.2 Å². The maximum absolute atomic E-state index is 13.2. The molecule has 2 unspecified atom stereocenters. The topological polar surface area (TPSA) is 85.0 Å². The van der Waals surface area contributed by atoms with Gasteiger partial charge in [0.1, 0.15) is 11.5 Å². The van der Waals surface area contributed by atoms with Gasteiger partial charge in [-0.15, -0.1) is 0 Å². The lowest BCUT2D eigenvalue weighted by Gasteiger charge is -2.40. The smallest absolute Gasteiger partial charge is 0.419 e. The summed E-state index contributed by atoms with van der Waals surface area (Å²) in [7, 11) is 0. The largest absolute Gasteiger partial charge is 0.507 e. The van der Waals surface area contributed by atoms with Gasteiger partial charge < -0.3 is 25.2 Å². The van der Waals surface area contributed by atoms with Gasteiger partial charge in [-0.1, -0.05) is 24.3 Å². The summed E-state index contributed by atoms with van der Waals surface area (Å²) in [4.78, 5) is 13.9. The van der Waals surface area contributed by atoms with Crippen LogP contribution < -0.4 is 10.5 Å². The predicted molar refractivity (Wildman–Crippen MR) is 115 cm³/mol. The van der Waals surface area contributed by atoms with E-state index in [0.29, 0.717) is 32.4 Å². The summed E-state index contributed by atoms with van der Waals surface area (Å²) in [5.41, 5.74) is 7.49. The number of hydrogen-bond donors (Lipinski definition) is 2. The van der Waals surface area contributed by atoms with E-state index in [4.69, 9.17) is 15.2 Å². The first-order valence-corrected chi connectivity index (χ1v) is 11.0. The van der Waals surface area contributed by atoms with Gasteiger partial charge in [0.05, 0.1) is 17.8 Å². The van der Waals surface area contributed by atoms with Crippen LogP contribution in [0, 0.1) is 12.8 Å². The summed E-state index contributed by atoms with van der Waals surface area (Å²) >= 11 is 0. The van der Waals surface area contributed by atoms with Gasteiger partial charge >= 0.3 is 12.3 Å². The fourth-order valence-corrected chi connectivity index (χ4v) is 4.68. The third kappa shape index (κ3) is 4.79. The Morgan fingerprint density at radius 3 is 2.58 bits per heavy atom. The number of carbonyl (C=O) groups is 1. The van der Waals surface area contributed by atoms with E-state index in [1.807, 2.05) is 19.1 Å². The molecular weight excluding hydrogens is 437 g/mol. The number of aromatic hydroxyl groups is 1. The number of benzene rings is 2. The molecule has 2 atom stereocenters. The number of fused-ring (bicyclic) bond motifs is 1. The molecule has 0 bridgehead atoms. The number of hydrogen-bond acceptors (Lipinski definition) is 5. The SMILES string of the molecule is Cc1ccc2c(c1O)CC(C1CCN(C(=O)Oc3ccccc3C(F)(F)F)CC1)OC2CN. The van der Waals surface area contributed by atoms with Crippen LogP contribution >= 0.6 is 0 Å². The molecule has 2 aliphatic rings. The fraction of sp³-hybridized carbons (Fsp3) is 0.458. The van der Waals surface area contributed by atoms with Crippen LogP contribution in [-0.2, 0) is 17.3 Å². The molecule has 2 heterocycles. The minimum absolute atomic E-state index is 0.124. The van der Waals surface area contributed by atoms with Crippen molar-refractivity contribution in [3.8, 4) is 11.5 Å². The Bertz CT molecular complexity index is 1020. The van der Waals surface area contributed by atoms with Gasteiger partial charge in [-0.25, -0.2) is 4.79 Å². The van der Waals surface area contributed by atoms with Crippen LogP contribution in [0.3, 0.4) is 0 Å². The first-order valence-electron chi connectivity index (χ1n) is 11.0. The Morgan fingerprint density at radius 1 is 1.21 bits per heavy atom. The molecule has 0 saturated carbocycles. The monoisotopic (exact) mass is 464 g/mol. The Kier molecular flexibility index (Phi) is 6.54. The molecule has 9 heteroatoms. The van der Waals surface area contributed by atoms with E-state index in [-0.39, 0.29) is 30.4 Å². The van der Waals surface area contributed by atoms with Gasteiger partial charge in [0.2, 0.25) is 0 Å². The third-order valence-electron chi connectivity index (χ3n) is 6.54. The lowest BCUT2D eigenvalue weighted by Crippen LogP contribution is -2.45. The number of phenols is 1. The van der Waals surface area contributed by atoms with Gasteiger partial charge in [0.25, 0.3) is 0 Å². The zero-order valence-corrected chi connectivity index (χ0v) is 18.3. The number of piperidine rings is 1.